The number of benzene rings is 2. The third kappa shape index (κ3) is 5.19. The number of amides is 1. The van der Waals surface area contributed by atoms with E-state index in [0.29, 0.717) is 12.8 Å². The average molecular weight is 427 g/mol. The standard InChI is InChI=1S/C20H21F3NO4P/c1-2-3-12-29(26,28-19(25)24-13-20(21,22)23)27-18-16-10-6-4-8-14(16)15-9-5-7-11-17(15)18/h4-11,18H,2-3,12-13H2,1H3,(H,24,25). The van der Waals surface area contributed by atoms with Crippen molar-refractivity contribution in [3.63, 3.8) is 0 Å². The Kier molecular flexibility index (Phi) is 6.34. The zero-order chi connectivity index (χ0) is 21.1. The van der Waals surface area contributed by atoms with Crippen molar-refractivity contribution in [2.45, 2.75) is 32.0 Å². The van der Waals surface area contributed by atoms with Gasteiger partial charge >= 0.3 is 19.9 Å². The minimum absolute atomic E-state index is 0.0796. The van der Waals surface area contributed by atoms with E-state index in [4.69, 9.17) is 9.05 Å². The molecule has 5 nitrogen and oxygen atoms in total. The summed E-state index contributed by atoms with van der Waals surface area (Å²) in [4.78, 5) is 11.8. The number of rotatable bonds is 7. The third-order valence-electron chi connectivity index (χ3n) is 4.48. The van der Waals surface area contributed by atoms with Gasteiger partial charge in [0.2, 0.25) is 0 Å². The maximum atomic E-state index is 13.3. The van der Waals surface area contributed by atoms with Crippen LogP contribution in [-0.2, 0) is 13.6 Å². The van der Waals surface area contributed by atoms with Crippen molar-refractivity contribution >= 4 is 13.7 Å². The molecule has 1 N–H and O–H groups in total. The van der Waals surface area contributed by atoms with E-state index in [1.807, 2.05) is 55.5 Å². The zero-order valence-electron chi connectivity index (χ0n) is 15.7. The highest BCUT2D eigenvalue weighted by molar-refractivity contribution is 7.54. The molecule has 0 heterocycles. The monoisotopic (exact) mass is 427 g/mol. The lowest BCUT2D eigenvalue weighted by atomic mass is 10.1. The molecule has 156 valence electrons. The molecule has 0 aliphatic heterocycles. The largest absolute Gasteiger partial charge is 0.414 e. The van der Waals surface area contributed by atoms with E-state index in [-0.39, 0.29) is 6.16 Å². The Morgan fingerprint density at radius 3 is 2.14 bits per heavy atom. The number of carbonyl (C=O) groups excluding carboxylic acids is 1. The first-order chi connectivity index (χ1) is 13.7. The van der Waals surface area contributed by atoms with Crippen LogP contribution in [0.4, 0.5) is 18.0 Å². The summed E-state index contributed by atoms with van der Waals surface area (Å²) in [5.41, 5.74) is 3.36. The van der Waals surface area contributed by atoms with E-state index in [0.717, 1.165) is 22.3 Å². The number of hydrogen-bond donors (Lipinski definition) is 1. The van der Waals surface area contributed by atoms with Gasteiger partial charge in [-0.25, -0.2) is 9.36 Å². The van der Waals surface area contributed by atoms with Gasteiger partial charge in [0.25, 0.3) is 0 Å². The molecule has 1 atom stereocenters. The lowest BCUT2D eigenvalue weighted by molar-refractivity contribution is -0.123. The molecule has 0 saturated carbocycles. The minimum atomic E-state index is -4.60. The summed E-state index contributed by atoms with van der Waals surface area (Å²) in [5.74, 6) is 0. The Labute approximate surface area is 166 Å². The van der Waals surface area contributed by atoms with Crippen LogP contribution in [0.15, 0.2) is 48.5 Å². The van der Waals surface area contributed by atoms with E-state index < -0.39 is 32.5 Å². The van der Waals surface area contributed by atoms with Crippen LogP contribution in [0.25, 0.3) is 11.1 Å². The molecule has 3 rings (SSSR count). The van der Waals surface area contributed by atoms with Crippen molar-refractivity contribution in [1.82, 2.24) is 5.32 Å². The number of hydrogen-bond acceptors (Lipinski definition) is 4. The highest BCUT2D eigenvalue weighted by Gasteiger charge is 2.38. The number of alkyl halides is 3. The van der Waals surface area contributed by atoms with E-state index in [9.17, 15) is 22.5 Å². The van der Waals surface area contributed by atoms with Crippen LogP contribution in [0.1, 0.15) is 37.0 Å². The quantitative estimate of drug-likeness (QED) is 0.546. The molecule has 2 aromatic carbocycles. The number of halogens is 3. The van der Waals surface area contributed by atoms with Crippen LogP contribution < -0.4 is 5.32 Å². The molecule has 1 unspecified atom stereocenters. The van der Waals surface area contributed by atoms with Crippen LogP contribution in [0.2, 0.25) is 0 Å². The first kappa shape index (κ1) is 21.4. The fourth-order valence-corrected chi connectivity index (χ4v) is 4.99. The Morgan fingerprint density at radius 2 is 1.62 bits per heavy atom. The summed E-state index contributed by atoms with van der Waals surface area (Å²) < 4.78 is 61.1. The van der Waals surface area contributed by atoms with Crippen LogP contribution in [0.5, 0.6) is 0 Å². The molecule has 1 aliphatic rings. The second-order valence-electron chi connectivity index (χ2n) is 6.70. The topological polar surface area (TPSA) is 64.6 Å². The van der Waals surface area contributed by atoms with Gasteiger partial charge in [-0.1, -0.05) is 61.9 Å². The van der Waals surface area contributed by atoms with Crippen molar-refractivity contribution in [2.75, 3.05) is 12.7 Å². The lowest BCUT2D eigenvalue weighted by Gasteiger charge is -2.23. The summed E-state index contributed by atoms with van der Waals surface area (Å²) >= 11 is 0. The van der Waals surface area contributed by atoms with Gasteiger partial charge in [-0.2, -0.15) is 13.2 Å². The highest BCUT2D eigenvalue weighted by Crippen LogP contribution is 2.57. The van der Waals surface area contributed by atoms with Crippen LogP contribution in [0, 0.1) is 0 Å². The van der Waals surface area contributed by atoms with Crippen LogP contribution in [0.3, 0.4) is 0 Å². The van der Waals surface area contributed by atoms with Gasteiger partial charge < -0.3 is 9.84 Å². The molecular weight excluding hydrogens is 406 g/mol. The fourth-order valence-electron chi connectivity index (χ4n) is 3.19. The van der Waals surface area contributed by atoms with Crippen molar-refractivity contribution < 1.29 is 31.6 Å². The number of fused-ring (bicyclic) bond motifs is 3. The fraction of sp³-hybridized carbons (Fsp3) is 0.350. The molecule has 0 aromatic heterocycles. The summed E-state index contributed by atoms with van der Waals surface area (Å²) in [7, 11) is -4.01. The van der Waals surface area contributed by atoms with Gasteiger partial charge in [-0.05, 0) is 28.7 Å². The molecule has 0 saturated heterocycles. The summed E-state index contributed by atoms with van der Waals surface area (Å²) in [6, 6.07) is 14.8. The summed E-state index contributed by atoms with van der Waals surface area (Å²) in [6.07, 6.45) is -5.75. The Morgan fingerprint density at radius 1 is 1.07 bits per heavy atom. The number of unbranched alkanes of at least 4 members (excludes halogenated alkanes) is 1. The molecule has 29 heavy (non-hydrogen) atoms. The Bertz CT molecular complexity index is 886. The first-order valence-electron chi connectivity index (χ1n) is 9.22. The second-order valence-corrected chi connectivity index (χ2v) is 8.76. The van der Waals surface area contributed by atoms with Crippen molar-refractivity contribution in [3.8, 4) is 11.1 Å². The summed E-state index contributed by atoms with van der Waals surface area (Å²) in [6.45, 7) is 0.281. The average Bonchev–Trinajstić information content (AvgIpc) is 2.98. The van der Waals surface area contributed by atoms with E-state index >= 15 is 0 Å². The number of carbonyl (C=O) groups is 1. The summed E-state index contributed by atoms with van der Waals surface area (Å²) in [5, 5.41) is 1.58. The van der Waals surface area contributed by atoms with Crippen molar-refractivity contribution in [3.05, 3.63) is 59.7 Å². The molecule has 2 aromatic rings. The van der Waals surface area contributed by atoms with Gasteiger partial charge in [-0.15, -0.1) is 0 Å². The van der Waals surface area contributed by atoms with Gasteiger partial charge in [-0.3, -0.25) is 4.52 Å². The van der Waals surface area contributed by atoms with Gasteiger partial charge in [0, 0.05) is 0 Å². The van der Waals surface area contributed by atoms with Crippen LogP contribution in [-0.4, -0.2) is 25.0 Å². The SMILES string of the molecule is CCCCP(=O)(OC(=O)NCC(F)(F)F)OC1c2ccccc2-c2ccccc21. The maximum absolute atomic E-state index is 13.3. The van der Waals surface area contributed by atoms with Crippen molar-refractivity contribution in [1.29, 1.82) is 0 Å². The number of nitrogens with one attached hydrogen (secondary N) is 1. The molecule has 0 bridgehead atoms. The zero-order valence-corrected chi connectivity index (χ0v) is 16.6. The second kappa shape index (κ2) is 8.59. The van der Waals surface area contributed by atoms with Crippen LogP contribution >= 0.6 is 7.60 Å². The molecule has 0 fully saturated rings. The predicted octanol–water partition coefficient (Wildman–Crippen LogP) is 6.05. The van der Waals surface area contributed by atoms with Crippen molar-refractivity contribution in [2.24, 2.45) is 0 Å². The Balaban J connectivity index is 1.85. The van der Waals surface area contributed by atoms with Gasteiger partial charge in [0.05, 0.1) is 6.16 Å². The van der Waals surface area contributed by atoms with Gasteiger partial charge in [0.15, 0.2) is 0 Å². The maximum Gasteiger partial charge on any atom is 0.414 e. The molecule has 0 radical (unpaired) electrons. The Hall–Kier alpha value is -2.31. The predicted molar refractivity (Wildman–Crippen MR) is 103 cm³/mol. The third-order valence-corrected chi connectivity index (χ3v) is 6.32. The normalized spacial score (nSPS) is 15.3. The van der Waals surface area contributed by atoms with E-state index in [1.54, 1.807) is 5.32 Å². The molecular formula is C20H21F3NO4P. The minimum Gasteiger partial charge on any atom is -0.375 e. The van der Waals surface area contributed by atoms with E-state index in [1.165, 1.54) is 0 Å². The molecule has 9 heteroatoms. The highest BCUT2D eigenvalue weighted by atomic mass is 31.2. The molecule has 0 spiro atoms. The van der Waals surface area contributed by atoms with E-state index in [2.05, 4.69) is 0 Å². The lowest BCUT2D eigenvalue weighted by Crippen LogP contribution is -2.34. The first-order valence-corrected chi connectivity index (χ1v) is 10.9. The molecule has 1 aliphatic carbocycles. The smallest absolute Gasteiger partial charge is 0.375 e. The molecule has 1 amide bonds. The van der Waals surface area contributed by atoms with Gasteiger partial charge in [0.1, 0.15) is 12.6 Å².